The van der Waals surface area contributed by atoms with Crippen LogP contribution in [-0.4, -0.2) is 56.4 Å². The van der Waals surface area contributed by atoms with Crippen molar-refractivity contribution in [3.05, 3.63) is 84.4 Å². The first kappa shape index (κ1) is 25.0. The molecule has 188 valence electrons. The fourth-order valence-electron chi connectivity index (χ4n) is 3.71. The van der Waals surface area contributed by atoms with Crippen molar-refractivity contribution in [1.29, 1.82) is 0 Å². The molecule has 3 aromatic carbocycles. The molecule has 1 fully saturated rings. The summed E-state index contributed by atoms with van der Waals surface area (Å²) in [5, 5.41) is 11.2. The van der Waals surface area contributed by atoms with Crippen LogP contribution >= 0.6 is 0 Å². The zero-order chi connectivity index (χ0) is 25.0. The van der Waals surface area contributed by atoms with Crippen LogP contribution in [0.1, 0.15) is 5.56 Å². The van der Waals surface area contributed by atoms with Crippen molar-refractivity contribution >= 4 is 29.1 Å². The maximum atomic E-state index is 12.4. The third-order valence-corrected chi connectivity index (χ3v) is 5.54. The maximum absolute atomic E-state index is 12.4. The van der Waals surface area contributed by atoms with Gasteiger partial charge in [-0.3, -0.25) is 4.90 Å². The number of nitrogens with one attached hydrogen (secondary N) is 4. The highest BCUT2D eigenvalue weighted by molar-refractivity contribution is 6.00. The molecule has 0 spiro atoms. The second-order valence-electron chi connectivity index (χ2n) is 8.28. The summed E-state index contributed by atoms with van der Waals surface area (Å²) < 4.78 is 11.2. The van der Waals surface area contributed by atoms with Gasteiger partial charge in [-0.1, -0.05) is 36.4 Å². The Bertz CT molecular complexity index is 1140. The quantitative estimate of drug-likeness (QED) is 0.358. The molecule has 3 aromatic rings. The van der Waals surface area contributed by atoms with Crippen LogP contribution in [0.25, 0.3) is 0 Å². The number of hydrogen-bond acceptors (Lipinski definition) is 5. The van der Waals surface area contributed by atoms with Crippen molar-refractivity contribution < 1.29 is 19.1 Å². The van der Waals surface area contributed by atoms with Crippen LogP contribution in [0.3, 0.4) is 0 Å². The zero-order valence-corrected chi connectivity index (χ0v) is 20.0. The Morgan fingerprint density at radius 2 is 1.44 bits per heavy atom. The number of morpholine rings is 1. The lowest BCUT2D eigenvalue weighted by atomic mass is 10.2. The molecule has 0 saturated carbocycles. The average Bonchev–Trinajstić information content (AvgIpc) is 2.89. The topological polar surface area (TPSA) is 104 Å². The minimum Gasteiger partial charge on any atom is -0.492 e. The highest BCUT2D eigenvalue weighted by Crippen LogP contribution is 2.17. The van der Waals surface area contributed by atoms with E-state index in [9.17, 15) is 9.59 Å². The fourth-order valence-corrected chi connectivity index (χ4v) is 3.71. The average molecular weight is 490 g/mol. The minimum absolute atomic E-state index is 0.348. The van der Waals surface area contributed by atoms with Crippen LogP contribution in [0.4, 0.5) is 26.7 Å². The summed E-state index contributed by atoms with van der Waals surface area (Å²) in [4.78, 5) is 27.0. The number of benzene rings is 3. The Balaban J connectivity index is 1.21. The van der Waals surface area contributed by atoms with Gasteiger partial charge in [0.15, 0.2) is 0 Å². The molecule has 36 heavy (non-hydrogen) atoms. The second kappa shape index (κ2) is 13.1. The lowest BCUT2D eigenvalue weighted by Crippen LogP contribution is -2.38. The van der Waals surface area contributed by atoms with Gasteiger partial charge in [0.2, 0.25) is 0 Å². The molecule has 0 aliphatic carbocycles. The highest BCUT2D eigenvalue weighted by Gasteiger charge is 2.10. The van der Waals surface area contributed by atoms with Crippen molar-refractivity contribution in [2.75, 3.05) is 55.4 Å². The number of carbonyl (C=O) groups excluding carboxylic acids is 2. The number of carbonyl (C=O) groups is 2. The Kier molecular flexibility index (Phi) is 9.13. The number of anilines is 3. The van der Waals surface area contributed by atoms with E-state index in [4.69, 9.17) is 9.47 Å². The number of hydrogen-bond donors (Lipinski definition) is 4. The van der Waals surface area contributed by atoms with Crippen molar-refractivity contribution in [3.63, 3.8) is 0 Å². The van der Waals surface area contributed by atoms with E-state index in [0.717, 1.165) is 44.2 Å². The first-order valence-corrected chi connectivity index (χ1v) is 11.9. The van der Waals surface area contributed by atoms with Gasteiger partial charge in [-0.25, -0.2) is 9.59 Å². The molecule has 1 aliphatic heterocycles. The standard InChI is InChI=1S/C27H31N5O4/c33-26(28-20-21-6-4-11-25(18-21)36-17-14-32-12-15-35-16-13-32)30-23-9-5-10-24(19-23)31-27(34)29-22-7-2-1-3-8-22/h1-11,18-19H,12-17,20H2,(H2,28,30,33)(H2,29,31,34). The summed E-state index contributed by atoms with van der Waals surface area (Å²) in [6, 6.07) is 23.1. The fraction of sp³-hybridized carbons (Fsp3) is 0.259. The van der Waals surface area contributed by atoms with E-state index in [2.05, 4.69) is 26.2 Å². The first-order valence-electron chi connectivity index (χ1n) is 11.9. The van der Waals surface area contributed by atoms with Crippen molar-refractivity contribution in [2.24, 2.45) is 0 Å². The number of urea groups is 2. The molecule has 9 nitrogen and oxygen atoms in total. The van der Waals surface area contributed by atoms with Crippen molar-refractivity contribution in [3.8, 4) is 5.75 Å². The molecule has 0 unspecified atom stereocenters. The van der Waals surface area contributed by atoms with Gasteiger partial charge in [-0.05, 0) is 48.0 Å². The molecule has 1 aliphatic rings. The molecule has 4 rings (SSSR count). The molecule has 0 aromatic heterocycles. The van der Waals surface area contributed by atoms with Crippen LogP contribution in [-0.2, 0) is 11.3 Å². The largest absolute Gasteiger partial charge is 0.492 e. The molecule has 0 bridgehead atoms. The van der Waals surface area contributed by atoms with Crippen LogP contribution in [0, 0.1) is 0 Å². The third-order valence-electron chi connectivity index (χ3n) is 5.54. The van der Waals surface area contributed by atoms with E-state index < -0.39 is 0 Å². The Hall–Kier alpha value is -4.08. The molecule has 1 saturated heterocycles. The Morgan fingerprint density at radius 3 is 2.22 bits per heavy atom. The normalized spacial score (nSPS) is 13.4. The molecular formula is C27H31N5O4. The zero-order valence-electron chi connectivity index (χ0n) is 20.0. The highest BCUT2D eigenvalue weighted by atomic mass is 16.5. The van der Waals surface area contributed by atoms with E-state index in [1.165, 1.54) is 0 Å². The second-order valence-corrected chi connectivity index (χ2v) is 8.28. The molecular weight excluding hydrogens is 458 g/mol. The molecule has 1 heterocycles. The number of rotatable bonds is 9. The number of ether oxygens (including phenoxy) is 2. The predicted octanol–water partition coefficient (Wildman–Crippen LogP) is 4.36. The van der Waals surface area contributed by atoms with Crippen molar-refractivity contribution in [2.45, 2.75) is 6.54 Å². The summed E-state index contributed by atoms with van der Waals surface area (Å²) in [6.07, 6.45) is 0. The summed E-state index contributed by atoms with van der Waals surface area (Å²) >= 11 is 0. The smallest absolute Gasteiger partial charge is 0.323 e. The third kappa shape index (κ3) is 8.30. The Labute approximate surface area is 210 Å². The number of nitrogens with zero attached hydrogens (tertiary/aromatic N) is 1. The summed E-state index contributed by atoms with van der Waals surface area (Å²) in [5.41, 5.74) is 2.74. The van der Waals surface area contributed by atoms with Gasteiger partial charge >= 0.3 is 12.1 Å². The van der Waals surface area contributed by atoms with Crippen molar-refractivity contribution in [1.82, 2.24) is 10.2 Å². The van der Waals surface area contributed by atoms with Gasteiger partial charge in [0.25, 0.3) is 0 Å². The molecule has 9 heteroatoms. The number of amides is 4. The number of para-hydroxylation sites is 1. The van der Waals surface area contributed by atoms with E-state index in [0.29, 0.717) is 30.2 Å². The van der Waals surface area contributed by atoms with Gasteiger partial charge < -0.3 is 30.7 Å². The first-order chi connectivity index (χ1) is 17.6. The SMILES string of the molecule is O=C(NCc1cccc(OCCN2CCOCC2)c1)Nc1cccc(NC(=O)Nc2ccccc2)c1. The van der Waals surface area contributed by atoms with Crippen LogP contribution in [0.15, 0.2) is 78.9 Å². The van der Waals surface area contributed by atoms with Crippen LogP contribution in [0.5, 0.6) is 5.75 Å². The van der Waals surface area contributed by atoms with Gasteiger partial charge in [-0.2, -0.15) is 0 Å². The van der Waals surface area contributed by atoms with Gasteiger partial charge in [0.1, 0.15) is 12.4 Å². The van der Waals surface area contributed by atoms with Crippen LogP contribution in [0.2, 0.25) is 0 Å². The van der Waals surface area contributed by atoms with E-state index in [-0.39, 0.29) is 12.1 Å². The van der Waals surface area contributed by atoms with Gasteiger partial charge in [0.05, 0.1) is 13.2 Å². The minimum atomic E-state index is -0.366. The Morgan fingerprint density at radius 1 is 0.778 bits per heavy atom. The van der Waals surface area contributed by atoms with Crippen LogP contribution < -0.4 is 26.0 Å². The molecule has 4 amide bonds. The molecule has 0 atom stereocenters. The lowest BCUT2D eigenvalue weighted by molar-refractivity contribution is 0.0322. The van der Waals surface area contributed by atoms with Gasteiger partial charge in [-0.15, -0.1) is 0 Å². The molecule has 0 radical (unpaired) electrons. The summed E-state index contributed by atoms with van der Waals surface area (Å²) in [7, 11) is 0. The predicted molar refractivity (Wildman–Crippen MR) is 141 cm³/mol. The monoisotopic (exact) mass is 489 g/mol. The van der Waals surface area contributed by atoms with E-state index in [1.807, 2.05) is 42.5 Å². The van der Waals surface area contributed by atoms with E-state index >= 15 is 0 Å². The van der Waals surface area contributed by atoms with E-state index in [1.54, 1.807) is 36.4 Å². The summed E-state index contributed by atoms with van der Waals surface area (Å²) in [6.45, 7) is 5.22. The molecule has 4 N–H and O–H groups in total. The lowest BCUT2D eigenvalue weighted by Gasteiger charge is -2.26. The maximum Gasteiger partial charge on any atom is 0.323 e. The van der Waals surface area contributed by atoms with Gasteiger partial charge in [0, 0.05) is 43.2 Å². The summed E-state index contributed by atoms with van der Waals surface area (Å²) in [5.74, 6) is 0.774.